The molecule has 0 radical (unpaired) electrons. The van der Waals surface area contributed by atoms with Crippen LogP contribution in [-0.4, -0.2) is 12.6 Å². The van der Waals surface area contributed by atoms with Gasteiger partial charge >= 0.3 is 0 Å². The Morgan fingerprint density at radius 2 is 1.76 bits per heavy atom. The zero-order valence-corrected chi connectivity index (χ0v) is 9.50. The Hall–Kier alpha value is -1.26. The van der Waals surface area contributed by atoms with Crippen molar-refractivity contribution in [1.29, 1.82) is 0 Å². The van der Waals surface area contributed by atoms with Crippen LogP contribution in [0.2, 0.25) is 0 Å². The maximum Gasteiger partial charge on any atom is 0.126 e. The van der Waals surface area contributed by atoms with Crippen molar-refractivity contribution in [2.75, 3.05) is 6.54 Å². The molecule has 2 rings (SSSR count). The second-order valence-electron chi connectivity index (χ2n) is 4.30. The van der Waals surface area contributed by atoms with E-state index in [1.807, 2.05) is 0 Å². The molecule has 1 aliphatic carbocycles. The molecule has 17 heavy (non-hydrogen) atoms. The SMILES string of the molecule is NCC(NC1CC=CC1)c1cc(F)cc(F)c1. The molecule has 1 unspecified atom stereocenters. The summed E-state index contributed by atoms with van der Waals surface area (Å²) in [5.74, 6) is -1.13. The molecule has 92 valence electrons. The average molecular weight is 238 g/mol. The molecule has 0 saturated heterocycles. The molecule has 3 N–H and O–H groups in total. The summed E-state index contributed by atoms with van der Waals surface area (Å²) in [7, 11) is 0. The number of halogens is 2. The van der Waals surface area contributed by atoms with Crippen molar-refractivity contribution >= 4 is 0 Å². The maximum atomic E-state index is 13.1. The Morgan fingerprint density at radius 3 is 2.29 bits per heavy atom. The van der Waals surface area contributed by atoms with Crippen molar-refractivity contribution in [3.63, 3.8) is 0 Å². The smallest absolute Gasteiger partial charge is 0.126 e. The molecule has 0 amide bonds. The molecule has 0 bridgehead atoms. The lowest BCUT2D eigenvalue weighted by molar-refractivity contribution is 0.449. The van der Waals surface area contributed by atoms with Gasteiger partial charge in [0.15, 0.2) is 0 Å². The van der Waals surface area contributed by atoms with E-state index in [1.165, 1.54) is 12.1 Å². The first-order valence-electron chi connectivity index (χ1n) is 5.76. The molecule has 2 nitrogen and oxygen atoms in total. The highest BCUT2D eigenvalue weighted by molar-refractivity contribution is 5.22. The monoisotopic (exact) mass is 238 g/mol. The van der Waals surface area contributed by atoms with Crippen LogP contribution in [0.5, 0.6) is 0 Å². The zero-order valence-electron chi connectivity index (χ0n) is 9.50. The van der Waals surface area contributed by atoms with Crippen molar-refractivity contribution in [3.8, 4) is 0 Å². The minimum Gasteiger partial charge on any atom is -0.329 e. The Bertz CT molecular complexity index is 390. The van der Waals surface area contributed by atoms with E-state index in [2.05, 4.69) is 17.5 Å². The van der Waals surface area contributed by atoms with Gasteiger partial charge in [0.05, 0.1) is 0 Å². The second kappa shape index (κ2) is 5.38. The van der Waals surface area contributed by atoms with Gasteiger partial charge in [0.1, 0.15) is 11.6 Å². The van der Waals surface area contributed by atoms with Gasteiger partial charge in [-0.05, 0) is 30.5 Å². The Kier molecular flexibility index (Phi) is 3.86. The standard InChI is InChI=1S/C13H16F2N2/c14-10-5-9(6-11(15)7-10)13(8-16)17-12-3-1-2-4-12/h1-2,5-7,12-13,17H,3-4,8,16H2. The zero-order chi connectivity index (χ0) is 12.3. The van der Waals surface area contributed by atoms with Crippen LogP contribution < -0.4 is 11.1 Å². The first-order valence-corrected chi connectivity index (χ1v) is 5.76. The van der Waals surface area contributed by atoms with Gasteiger partial charge < -0.3 is 11.1 Å². The molecular formula is C13H16F2N2. The molecule has 1 aliphatic rings. The summed E-state index contributed by atoms with van der Waals surface area (Å²) in [6.45, 7) is 0.319. The average Bonchev–Trinajstić information content (AvgIpc) is 2.77. The molecule has 0 aliphatic heterocycles. The van der Waals surface area contributed by atoms with Crippen LogP contribution in [0, 0.1) is 11.6 Å². The molecule has 0 spiro atoms. The fourth-order valence-electron chi connectivity index (χ4n) is 2.11. The van der Waals surface area contributed by atoms with Crippen LogP contribution in [-0.2, 0) is 0 Å². The molecule has 0 aromatic heterocycles. The van der Waals surface area contributed by atoms with Crippen LogP contribution >= 0.6 is 0 Å². The highest BCUT2D eigenvalue weighted by atomic mass is 19.1. The van der Waals surface area contributed by atoms with Crippen molar-refractivity contribution in [3.05, 3.63) is 47.5 Å². The van der Waals surface area contributed by atoms with Crippen molar-refractivity contribution in [1.82, 2.24) is 5.32 Å². The molecule has 1 atom stereocenters. The lowest BCUT2D eigenvalue weighted by atomic mass is 10.0. The van der Waals surface area contributed by atoms with Gasteiger partial charge in [0.25, 0.3) is 0 Å². The fourth-order valence-corrected chi connectivity index (χ4v) is 2.11. The van der Waals surface area contributed by atoms with Crippen LogP contribution in [0.3, 0.4) is 0 Å². The van der Waals surface area contributed by atoms with E-state index in [4.69, 9.17) is 5.73 Å². The van der Waals surface area contributed by atoms with Gasteiger partial charge in [-0.1, -0.05) is 12.2 Å². The van der Waals surface area contributed by atoms with E-state index in [0.717, 1.165) is 18.9 Å². The largest absolute Gasteiger partial charge is 0.329 e. The molecule has 0 fully saturated rings. The lowest BCUT2D eigenvalue weighted by Gasteiger charge is -2.22. The highest BCUT2D eigenvalue weighted by Gasteiger charge is 2.17. The molecule has 0 heterocycles. The van der Waals surface area contributed by atoms with Crippen LogP contribution in [0.1, 0.15) is 24.4 Å². The molecule has 0 saturated carbocycles. The molecule has 4 heteroatoms. The van der Waals surface area contributed by atoms with Crippen LogP contribution in [0.25, 0.3) is 0 Å². The Labute approximate surface area is 99.5 Å². The predicted molar refractivity (Wildman–Crippen MR) is 63.5 cm³/mol. The van der Waals surface area contributed by atoms with Gasteiger partial charge in [-0.25, -0.2) is 8.78 Å². The van der Waals surface area contributed by atoms with Gasteiger partial charge in [-0.3, -0.25) is 0 Å². The number of nitrogens with one attached hydrogen (secondary N) is 1. The van der Waals surface area contributed by atoms with Crippen molar-refractivity contribution in [2.24, 2.45) is 5.73 Å². The quantitative estimate of drug-likeness (QED) is 0.790. The van der Waals surface area contributed by atoms with Gasteiger partial charge in [0, 0.05) is 24.7 Å². The van der Waals surface area contributed by atoms with Gasteiger partial charge in [0.2, 0.25) is 0 Å². The summed E-state index contributed by atoms with van der Waals surface area (Å²) < 4.78 is 26.2. The summed E-state index contributed by atoms with van der Waals surface area (Å²) in [6.07, 6.45) is 6.07. The van der Waals surface area contributed by atoms with E-state index in [0.29, 0.717) is 18.2 Å². The van der Waals surface area contributed by atoms with E-state index in [1.54, 1.807) is 0 Å². The van der Waals surface area contributed by atoms with Crippen molar-refractivity contribution in [2.45, 2.75) is 24.9 Å². The number of hydrogen-bond donors (Lipinski definition) is 2. The van der Waals surface area contributed by atoms with Crippen molar-refractivity contribution < 1.29 is 8.78 Å². The predicted octanol–water partition coefficient (Wildman–Crippen LogP) is 2.27. The third kappa shape index (κ3) is 3.11. The first-order chi connectivity index (χ1) is 8.19. The first kappa shape index (κ1) is 12.2. The van der Waals surface area contributed by atoms with E-state index >= 15 is 0 Å². The van der Waals surface area contributed by atoms with E-state index in [-0.39, 0.29) is 6.04 Å². The Balaban J connectivity index is 2.10. The third-order valence-electron chi connectivity index (χ3n) is 2.97. The van der Waals surface area contributed by atoms with E-state index in [9.17, 15) is 8.78 Å². The molecular weight excluding hydrogens is 222 g/mol. The normalized spacial score (nSPS) is 17.6. The fraction of sp³-hybridized carbons (Fsp3) is 0.385. The highest BCUT2D eigenvalue weighted by Crippen LogP contribution is 2.19. The lowest BCUT2D eigenvalue weighted by Crippen LogP contribution is -2.35. The maximum absolute atomic E-state index is 13.1. The van der Waals surface area contributed by atoms with Crippen LogP contribution in [0.4, 0.5) is 8.78 Å². The summed E-state index contributed by atoms with van der Waals surface area (Å²) >= 11 is 0. The minimum absolute atomic E-state index is 0.204. The Morgan fingerprint density at radius 1 is 1.18 bits per heavy atom. The molecule has 1 aromatic rings. The number of benzene rings is 1. The second-order valence-corrected chi connectivity index (χ2v) is 4.30. The summed E-state index contributed by atoms with van der Waals surface area (Å²) in [4.78, 5) is 0. The summed E-state index contributed by atoms with van der Waals surface area (Å²) in [5.41, 5.74) is 6.22. The van der Waals surface area contributed by atoms with E-state index < -0.39 is 11.6 Å². The number of rotatable bonds is 4. The topological polar surface area (TPSA) is 38.0 Å². The van der Waals surface area contributed by atoms with Crippen LogP contribution in [0.15, 0.2) is 30.4 Å². The summed E-state index contributed by atoms with van der Waals surface area (Å²) in [6, 6.07) is 3.64. The van der Waals surface area contributed by atoms with Gasteiger partial charge in [-0.2, -0.15) is 0 Å². The minimum atomic E-state index is -0.565. The third-order valence-corrected chi connectivity index (χ3v) is 2.97. The number of nitrogens with two attached hydrogens (primary N) is 1. The molecule has 1 aromatic carbocycles. The van der Waals surface area contributed by atoms with Gasteiger partial charge in [-0.15, -0.1) is 0 Å². The number of hydrogen-bond acceptors (Lipinski definition) is 2. The summed E-state index contributed by atoms with van der Waals surface area (Å²) in [5, 5.41) is 3.32.